The zero-order chi connectivity index (χ0) is 12.7. The fourth-order valence-corrected chi connectivity index (χ4v) is 5.09. The van der Waals surface area contributed by atoms with E-state index < -0.39 is 7.53 Å². The standard InChI is InChI=1S/C17H11NP.Pt/c1-2-7-13(8-3-1)19-15-10-5-4-9-14(15)17-16(19)11-6-12-18-17;/h1-8,10-12H;/q-1;. The number of pyridine rings is 1. The average molecular weight is 455 g/mol. The van der Waals surface area contributed by atoms with E-state index in [0.29, 0.717) is 0 Å². The van der Waals surface area contributed by atoms with E-state index in [9.17, 15) is 0 Å². The van der Waals surface area contributed by atoms with E-state index in [0.717, 1.165) is 5.52 Å². The molecule has 3 heteroatoms. The number of rotatable bonds is 1. The summed E-state index contributed by atoms with van der Waals surface area (Å²) in [4.78, 5) is 4.56. The molecule has 0 N–H and O–H groups in total. The Morgan fingerprint density at radius 2 is 1.65 bits per heavy atom. The first-order chi connectivity index (χ1) is 9.45. The molecule has 1 unspecified atom stereocenters. The molecule has 0 aliphatic rings. The van der Waals surface area contributed by atoms with Crippen LogP contribution in [0.2, 0.25) is 0 Å². The summed E-state index contributed by atoms with van der Waals surface area (Å²) < 4.78 is 0. The molecule has 0 spiro atoms. The van der Waals surface area contributed by atoms with Crippen molar-refractivity contribution in [1.29, 1.82) is 0 Å². The molecule has 0 aliphatic heterocycles. The van der Waals surface area contributed by atoms with Crippen molar-refractivity contribution in [3.8, 4) is 5.30 Å². The molecule has 20 heavy (non-hydrogen) atoms. The van der Waals surface area contributed by atoms with E-state index in [-0.39, 0.29) is 21.1 Å². The van der Waals surface area contributed by atoms with Crippen LogP contribution in [0.1, 0.15) is 0 Å². The van der Waals surface area contributed by atoms with E-state index in [1.165, 1.54) is 20.9 Å². The van der Waals surface area contributed by atoms with Gasteiger partial charge in [0, 0.05) is 27.3 Å². The van der Waals surface area contributed by atoms with Crippen molar-refractivity contribution < 1.29 is 21.1 Å². The first-order valence-corrected chi connectivity index (χ1v) is 7.60. The summed E-state index contributed by atoms with van der Waals surface area (Å²) in [5, 5.41) is 5.27. The molecule has 4 rings (SSSR count). The third-order valence-electron chi connectivity index (χ3n) is 3.35. The van der Waals surface area contributed by atoms with Gasteiger partial charge >= 0.3 is 0 Å². The van der Waals surface area contributed by atoms with Crippen LogP contribution in [0.25, 0.3) is 26.4 Å². The fourth-order valence-electron chi connectivity index (χ4n) is 2.56. The molecule has 0 saturated carbocycles. The summed E-state index contributed by atoms with van der Waals surface area (Å²) in [6, 6.07) is 24.6. The van der Waals surface area contributed by atoms with Gasteiger partial charge in [-0.15, -0.1) is 37.2 Å². The predicted molar refractivity (Wildman–Crippen MR) is 82.1 cm³/mol. The summed E-state index contributed by atoms with van der Waals surface area (Å²) in [5.74, 6) is 0. The van der Waals surface area contributed by atoms with Gasteiger partial charge in [-0.1, -0.05) is 41.5 Å². The summed E-state index contributed by atoms with van der Waals surface area (Å²) in [6.45, 7) is 0. The van der Waals surface area contributed by atoms with Crippen molar-refractivity contribution in [2.45, 2.75) is 0 Å². The molecule has 100 valence electrons. The van der Waals surface area contributed by atoms with E-state index in [4.69, 9.17) is 0 Å². The number of benzene rings is 2. The number of aromatic nitrogens is 1. The molecule has 1 nitrogen and oxygen atoms in total. The van der Waals surface area contributed by atoms with Gasteiger partial charge in [0.1, 0.15) is 0 Å². The Morgan fingerprint density at radius 1 is 0.850 bits per heavy atom. The van der Waals surface area contributed by atoms with Crippen LogP contribution in [-0.4, -0.2) is 4.98 Å². The van der Waals surface area contributed by atoms with Crippen LogP contribution in [-0.2, 0) is 21.1 Å². The van der Waals surface area contributed by atoms with Crippen LogP contribution in [0.4, 0.5) is 0 Å². The zero-order valence-corrected chi connectivity index (χ0v) is 13.7. The summed E-state index contributed by atoms with van der Waals surface area (Å²) >= 11 is 0. The normalized spacial score (nSPS) is 11.5. The van der Waals surface area contributed by atoms with Gasteiger partial charge in [-0.2, -0.15) is 0 Å². The van der Waals surface area contributed by atoms with Crippen molar-refractivity contribution in [2.24, 2.45) is 0 Å². The van der Waals surface area contributed by atoms with Crippen LogP contribution in [0.15, 0.2) is 66.9 Å². The van der Waals surface area contributed by atoms with Gasteiger partial charge in [-0.25, -0.2) is 0 Å². The van der Waals surface area contributed by atoms with Gasteiger partial charge in [0.05, 0.1) is 0 Å². The molecule has 0 aliphatic carbocycles. The zero-order valence-electron chi connectivity index (χ0n) is 10.6. The Kier molecular flexibility index (Phi) is 3.74. The van der Waals surface area contributed by atoms with Crippen molar-refractivity contribution in [3.63, 3.8) is 0 Å². The van der Waals surface area contributed by atoms with E-state index in [1.807, 2.05) is 18.3 Å². The van der Waals surface area contributed by atoms with Crippen molar-refractivity contribution in [3.05, 3.63) is 72.9 Å². The SMILES string of the molecule is [Pt].[c-]1cccc2c1c1ncccc1p2-c1ccccc1. The Morgan fingerprint density at radius 3 is 2.50 bits per heavy atom. The van der Waals surface area contributed by atoms with Gasteiger partial charge in [0.2, 0.25) is 0 Å². The molecular formula is C17H11NPPt-. The molecule has 1 atom stereocenters. The largest absolute Gasteiger partial charge is 0.304 e. The van der Waals surface area contributed by atoms with E-state index in [2.05, 4.69) is 59.6 Å². The molecule has 0 saturated heterocycles. The molecular weight excluding hydrogens is 444 g/mol. The monoisotopic (exact) mass is 455 g/mol. The van der Waals surface area contributed by atoms with Gasteiger partial charge in [0.25, 0.3) is 0 Å². The number of nitrogens with zero attached hydrogens (tertiary/aromatic N) is 1. The minimum Gasteiger partial charge on any atom is -0.304 e. The second-order valence-corrected chi connectivity index (χ2v) is 6.62. The van der Waals surface area contributed by atoms with Gasteiger partial charge in [-0.3, -0.25) is 0 Å². The molecule has 2 aromatic heterocycles. The van der Waals surface area contributed by atoms with Gasteiger partial charge < -0.3 is 4.98 Å². The summed E-state index contributed by atoms with van der Waals surface area (Å²) in [7, 11) is -0.466. The maximum Gasteiger partial charge on any atom is 0.0161 e. The fraction of sp³-hybridized carbons (Fsp3) is 0. The van der Waals surface area contributed by atoms with Crippen molar-refractivity contribution in [2.75, 3.05) is 0 Å². The topological polar surface area (TPSA) is 12.9 Å². The molecule has 0 fully saturated rings. The Bertz CT molecular complexity index is 815. The molecule has 0 amide bonds. The quantitative estimate of drug-likeness (QED) is 0.362. The third kappa shape index (κ3) is 2.02. The first-order valence-electron chi connectivity index (χ1n) is 6.26. The number of fused-ring (bicyclic) bond motifs is 3. The van der Waals surface area contributed by atoms with Crippen molar-refractivity contribution in [1.82, 2.24) is 4.98 Å². The molecule has 4 aromatic rings. The van der Waals surface area contributed by atoms with Crippen LogP contribution < -0.4 is 0 Å². The summed E-state index contributed by atoms with van der Waals surface area (Å²) in [5.41, 5.74) is 1.10. The molecule has 2 aromatic carbocycles. The first kappa shape index (κ1) is 13.6. The Balaban J connectivity index is 0.00000121. The smallest absolute Gasteiger partial charge is 0.0161 e. The van der Waals surface area contributed by atoms with Crippen LogP contribution in [0.3, 0.4) is 0 Å². The molecule has 0 bridgehead atoms. The Labute approximate surface area is 133 Å². The van der Waals surface area contributed by atoms with Crippen LogP contribution in [0, 0.1) is 6.07 Å². The van der Waals surface area contributed by atoms with Crippen molar-refractivity contribution >= 4 is 28.7 Å². The Hall–Kier alpha value is -1.42. The minimum atomic E-state index is -0.466. The molecule has 2 heterocycles. The maximum absolute atomic E-state index is 4.56. The van der Waals surface area contributed by atoms with Gasteiger partial charge in [-0.05, 0) is 22.0 Å². The predicted octanol–water partition coefficient (Wildman–Crippen LogP) is 5.16. The summed E-state index contributed by atoms with van der Waals surface area (Å²) in [6.07, 6.45) is 1.87. The van der Waals surface area contributed by atoms with Gasteiger partial charge in [0.15, 0.2) is 0 Å². The van der Waals surface area contributed by atoms with E-state index in [1.54, 1.807) is 0 Å². The number of hydrogen-bond acceptors (Lipinski definition) is 1. The second-order valence-electron chi connectivity index (χ2n) is 4.47. The third-order valence-corrected chi connectivity index (χ3v) is 5.87. The van der Waals surface area contributed by atoms with Crippen LogP contribution in [0.5, 0.6) is 0 Å². The second kappa shape index (κ2) is 5.52. The average Bonchev–Trinajstić information content (AvgIpc) is 2.83. The van der Waals surface area contributed by atoms with Crippen LogP contribution >= 0.6 is 7.53 Å². The number of hydrogen-bond donors (Lipinski definition) is 0. The minimum absolute atomic E-state index is 0. The molecule has 0 radical (unpaired) electrons. The van der Waals surface area contributed by atoms with E-state index >= 15 is 0 Å². The maximum atomic E-state index is 4.56.